The summed E-state index contributed by atoms with van der Waals surface area (Å²) >= 11 is 0. The highest BCUT2D eigenvalue weighted by atomic mass is 16.1. The molecule has 0 heterocycles. The van der Waals surface area contributed by atoms with Crippen molar-refractivity contribution in [1.29, 1.82) is 0 Å². The number of carbonyl (C=O) groups excluding carboxylic acids is 1. The SMILES string of the molecule is CCCC1(CNC(=O)C(C)CCCN)CC1. The topological polar surface area (TPSA) is 55.1 Å². The quantitative estimate of drug-likeness (QED) is 0.665. The Morgan fingerprint density at radius 2 is 2.19 bits per heavy atom. The minimum absolute atomic E-state index is 0.112. The van der Waals surface area contributed by atoms with Crippen molar-refractivity contribution in [3.63, 3.8) is 0 Å². The van der Waals surface area contributed by atoms with Crippen LogP contribution in [0.2, 0.25) is 0 Å². The summed E-state index contributed by atoms with van der Waals surface area (Å²) in [6.45, 7) is 5.76. The third-order valence-corrected chi connectivity index (χ3v) is 3.66. The van der Waals surface area contributed by atoms with Gasteiger partial charge in [-0.3, -0.25) is 4.79 Å². The first-order valence-corrected chi connectivity index (χ1v) is 6.61. The third kappa shape index (κ3) is 4.12. The van der Waals surface area contributed by atoms with E-state index in [9.17, 15) is 4.79 Å². The summed E-state index contributed by atoms with van der Waals surface area (Å²) in [5, 5.41) is 3.10. The van der Waals surface area contributed by atoms with Gasteiger partial charge in [0.05, 0.1) is 0 Å². The van der Waals surface area contributed by atoms with Gasteiger partial charge in [0.1, 0.15) is 0 Å². The molecule has 0 aromatic rings. The van der Waals surface area contributed by atoms with E-state index in [-0.39, 0.29) is 11.8 Å². The highest BCUT2D eigenvalue weighted by Gasteiger charge is 2.41. The van der Waals surface area contributed by atoms with Crippen LogP contribution >= 0.6 is 0 Å². The standard InChI is InChI=1S/C13H26N2O/c1-3-6-13(7-8-13)10-15-12(16)11(2)5-4-9-14/h11H,3-10,14H2,1-2H3,(H,15,16). The first-order chi connectivity index (χ1) is 7.63. The van der Waals surface area contributed by atoms with Crippen LogP contribution in [0.25, 0.3) is 0 Å². The van der Waals surface area contributed by atoms with Crippen LogP contribution in [0.15, 0.2) is 0 Å². The van der Waals surface area contributed by atoms with Crippen molar-refractivity contribution in [2.75, 3.05) is 13.1 Å². The molecule has 16 heavy (non-hydrogen) atoms. The fourth-order valence-electron chi connectivity index (χ4n) is 2.23. The third-order valence-electron chi connectivity index (χ3n) is 3.66. The normalized spacial score (nSPS) is 19.2. The molecule has 0 aromatic carbocycles. The fraction of sp³-hybridized carbons (Fsp3) is 0.923. The average molecular weight is 226 g/mol. The van der Waals surface area contributed by atoms with Crippen molar-refractivity contribution in [3.05, 3.63) is 0 Å². The van der Waals surface area contributed by atoms with Crippen molar-refractivity contribution in [1.82, 2.24) is 5.32 Å². The Hall–Kier alpha value is -0.570. The van der Waals surface area contributed by atoms with Gasteiger partial charge in [0.15, 0.2) is 0 Å². The highest BCUT2D eigenvalue weighted by molar-refractivity contribution is 5.78. The van der Waals surface area contributed by atoms with Crippen LogP contribution in [-0.2, 0) is 4.79 Å². The molecule has 3 heteroatoms. The van der Waals surface area contributed by atoms with Gasteiger partial charge < -0.3 is 11.1 Å². The molecule has 1 unspecified atom stereocenters. The van der Waals surface area contributed by atoms with E-state index in [2.05, 4.69) is 12.2 Å². The molecule has 1 atom stereocenters. The Kier molecular flexibility index (Phi) is 5.26. The zero-order valence-electron chi connectivity index (χ0n) is 10.7. The molecule has 0 bridgehead atoms. The first kappa shape index (κ1) is 13.5. The van der Waals surface area contributed by atoms with Gasteiger partial charge in [-0.2, -0.15) is 0 Å². The monoisotopic (exact) mass is 226 g/mol. The molecule has 1 amide bonds. The molecular weight excluding hydrogens is 200 g/mol. The van der Waals surface area contributed by atoms with Crippen molar-refractivity contribution in [2.45, 2.75) is 52.4 Å². The van der Waals surface area contributed by atoms with E-state index < -0.39 is 0 Å². The number of nitrogens with two attached hydrogens (primary N) is 1. The van der Waals surface area contributed by atoms with E-state index in [4.69, 9.17) is 5.73 Å². The number of nitrogens with one attached hydrogen (secondary N) is 1. The molecule has 1 saturated carbocycles. The van der Waals surface area contributed by atoms with E-state index >= 15 is 0 Å². The summed E-state index contributed by atoms with van der Waals surface area (Å²) in [5.41, 5.74) is 5.89. The molecule has 0 aliphatic heterocycles. The molecular formula is C13H26N2O. The van der Waals surface area contributed by atoms with Crippen molar-refractivity contribution in [3.8, 4) is 0 Å². The van der Waals surface area contributed by atoms with Crippen LogP contribution in [0.5, 0.6) is 0 Å². The number of amides is 1. The zero-order valence-corrected chi connectivity index (χ0v) is 10.7. The molecule has 1 rings (SSSR count). The van der Waals surface area contributed by atoms with Crippen molar-refractivity contribution >= 4 is 5.91 Å². The number of carbonyl (C=O) groups is 1. The van der Waals surface area contributed by atoms with Gasteiger partial charge >= 0.3 is 0 Å². The van der Waals surface area contributed by atoms with Crippen LogP contribution < -0.4 is 11.1 Å². The summed E-state index contributed by atoms with van der Waals surface area (Å²) in [4.78, 5) is 11.8. The molecule has 1 fully saturated rings. The van der Waals surface area contributed by atoms with Gasteiger partial charge in [-0.15, -0.1) is 0 Å². The van der Waals surface area contributed by atoms with E-state index in [1.807, 2.05) is 6.92 Å². The van der Waals surface area contributed by atoms with Gasteiger partial charge in [0.25, 0.3) is 0 Å². The lowest BCUT2D eigenvalue weighted by molar-refractivity contribution is -0.125. The molecule has 0 spiro atoms. The molecule has 1 aliphatic rings. The lowest BCUT2D eigenvalue weighted by atomic mass is 9.99. The Labute approximate surface area is 99.2 Å². The summed E-state index contributed by atoms with van der Waals surface area (Å²) in [5.74, 6) is 0.316. The molecule has 0 radical (unpaired) electrons. The molecule has 94 valence electrons. The second-order valence-corrected chi connectivity index (χ2v) is 5.30. The van der Waals surface area contributed by atoms with Crippen LogP contribution in [0.1, 0.15) is 52.4 Å². The minimum Gasteiger partial charge on any atom is -0.355 e. The minimum atomic E-state index is 0.112. The largest absolute Gasteiger partial charge is 0.355 e. The van der Waals surface area contributed by atoms with Gasteiger partial charge in [-0.25, -0.2) is 0 Å². The second-order valence-electron chi connectivity index (χ2n) is 5.30. The van der Waals surface area contributed by atoms with Gasteiger partial charge in [0, 0.05) is 12.5 Å². The smallest absolute Gasteiger partial charge is 0.222 e. The van der Waals surface area contributed by atoms with E-state index in [0.29, 0.717) is 12.0 Å². The molecule has 3 N–H and O–H groups in total. The maximum Gasteiger partial charge on any atom is 0.222 e. The maximum atomic E-state index is 11.8. The van der Waals surface area contributed by atoms with Gasteiger partial charge in [-0.05, 0) is 44.1 Å². The summed E-state index contributed by atoms with van der Waals surface area (Å²) in [7, 11) is 0. The lowest BCUT2D eigenvalue weighted by Crippen LogP contribution is -2.34. The summed E-state index contributed by atoms with van der Waals surface area (Å²) in [6, 6.07) is 0. The van der Waals surface area contributed by atoms with Crippen LogP contribution in [0.3, 0.4) is 0 Å². The lowest BCUT2D eigenvalue weighted by Gasteiger charge is -2.17. The fourth-order valence-corrected chi connectivity index (χ4v) is 2.23. The molecule has 0 saturated heterocycles. The number of hydrogen-bond acceptors (Lipinski definition) is 2. The van der Waals surface area contributed by atoms with Gasteiger partial charge in [0.2, 0.25) is 5.91 Å². The Morgan fingerprint density at radius 1 is 1.50 bits per heavy atom. The van der Waals surface area contributed by atoms with Crippen molar-refractivity contribution in [2.24, 2.45) is 17.1 Å². The van der Waals surface area contributed by atoms with Crippen molar-refractivity contribution < 1.29 is 4.79 Å². The van der Waals surface area contributed by atoms with Crippen LogP contribution in [0, 0.1) is 11.3 Å². The highest BCUT2D eigenvalue weighted by Crippen LogP contribution is 2.48. The van der Waals surface area contributed by atoms with E-state index in [1.54, 1.807) is 0 Å². The first-order valence-electron chi connectivity index (χ1n) is 6.61. The van der Waals surface area contributed by atoms with Crippen LogP contribution in [-0.4, -0.2) is 19.0 Å². The second kappa shape index (κ2) is 6.24. The van der Waals surface area contributed by atoms with E-state index in [1.165, 1.54) is 25.7 Å². The zero-order chi connectivity index (χ0) is 12.0. The average Bonchev–Trinajstić information content (AvgIpc) is 3.03. The predicted molar refractivity (Wildman–Crippen MR) is 67.0 cm³/mol. The van der Waals surface area contributed by atoms with Crippen LogP contribution in [0.4, 0.5) is 0 Å². The Morgan fingerprint density at radius 3 is 2.69 bits per heavy atom. The number of rotatable bonds is 8. The Balaban J connectivity index is 2.19. The predicted octanol–water partition coefficient (Wildman–Crippen LogP) is 2.06. The van der Waals surface area contributed by atoms with Gasteiger partial charge in [-0.1, -0.05) is 20.3 Å². The molecule has 1 aliphatic carbocycles. The molecule has 3 nitrogen and oxygen atoms in total. The van der Waals surface area contributed by atoms with E-state index in [0.717, 1.165) is 19.4 Å². The summed E-state index contributed by atoms with van der Waals surface area (Å²) in [6.07, 6.45) is 6.90. The Bertz CT molecular complexity index is 224. The maximum absolute atomic E-state index is 11.8. The number of hydrogen-bond donors (Lipinski definition) is 2. The molecule has 0 aromatic heterocycles. The summed E-state index contributed by atoms with van der Waals surface area (Å²) < 4.78 is 0.